The van der Waals surface area contributed by atoms with Crippen LogP contribution in [0.25, 0.3) is 0 Å². The molecule has 0 amide bonds. The second-order valence-electron chi connectivity index (χ2n) is 10.8. The van der Waals surface area contributed by atoms with Crippen molar-refractivity contribution in [1.82, 2.24) is 0 Å². The maximum absolute atomic E-state index is 14.3. The van der Waals surface area contributed by atoms with Gasteiger partial charge in [-0.25, -0.2) is 8.78 Å². The van der Waals surface area contributed by atoms with E-state index in [1.54, 1.807) is 0 Å². The highest BCUT2D eigenvalue weighted by atomic mass is 19.4. The lowest BCUT2D eigenvalue weighted by atomic mass is 9.60. The van der Waals surface area contributed by atoms with Crippen molar-refractivity contribution in [2.45, 2.75) is 103 Å². The van der Waals surface area contributed by atoms with Crippen molar-refractivity contribution < 1.29 is 26.7 Å². The molecule has 33 heavy (non-hydrogen) atoms. The van der Waals surface area contributed by atoms with Crippen LogP contribution in [0.15, 0.2) is 12.1 Å². The highest BCUT2D eigenvalue weighted by Crippen LogP contribution is 2.53. The molecule has 0 radical (unpaired) electrons. The first kappa shape index (κ1) is 24.9. The van der Waals surface area contributed by atoms with Crippen LogP contribution in [0.3, 0.4) is 0 Å². The summed E-state index contributed by atoms with van der Waals surface area (Å²) < 4.78 is 72.8. The zero-order valence-corrected chi connectivity index (χ0v) is 19.6. The maximum Gasteiger partial charge on any atom is 0.523 e. The van der Waals surface area contributed by atoms with E-state index in [1.165, 1.54) is 44.9 Å². The fourth-order valence-corrected chi connectivity index (χ4v) is 7.15. The fraction of sp³-hybridized carbons (Fsp3) is 0.778. The first-order valence-corrected chi connectivity index (χ1v) is 13.0. The minimum absolute atomic E-state index is 0.0546. The van der Waals surface area contributed by atoms with E-state index < -0.39 is 24.1 Å². The number of fused-ring (bicyclic) bond motifs is 2. The fourth-order valence-electron chi connectivity index (χ4n) is 7.15. The Bertz CT molecular complexity index is 791. The molecular formula is C27H37F5O. The molecule has 0 spiro atoms. The zero-order chi connectivity index (χ0) is 23.6. The van der Waals surface area contributed by atoms with Crippen LogP contribution in [0.5, 0.6) is 0 Å². The number of rotatable bonds is 7. The van der Waals surface area contributed by atoms with Crippen molar-refractivity contribution in [1.29, 1.82) is 0 Å². The van der Waals surface area contributed by atoms with E-state index >= 15 is 0 Å². The molecule has 6 heteroatoms. The van der Waals surface area contributed by atoms with Crippen LogP contribution in [0, 0.1) is 41.2 Å². The lowest BCUT2D eigenvalue weighted by Gasteiger charge is -2.46. The smallest absolute Gasteiger partial charge is 0.283 e. The first-order valence-electron chi connectivity index (χ1n) is 13.0. The Morgan fingerprint density at radius 1 is 0.879 bits per heavy atom. The Morgan fingerprint density at radius 3 is 2.36 bits per heavy atom. The third-order valence-electron chi connectivity index (χ3n) is 8.71. The summed E-state index contributed by atoms with van der Waals surface area (Å²) in [5.41, 5.74) is 0.234. The van der Waals surface area contributed by atoms with Gasteiger partial charge in [0.05, 0.1) is 6.10 Å². The van der Waals surface area contributed by atoms with Crippen molar-refractivity contribution in [3.63, 3.8) is 0 Å². The van der Waals surface area contributed by atoms with Gasteiger partial charge in [-0.05, 0) is 91.7 Å². The summed E-state index contributed by atoms with van der Waals surface area (Å²) in [6.07, 6.45) is 7.64. The SMILES string of the molecule is CCCCCCC1CCC2CC(C3CCc4c(F)cc(F)cc4C3OC(F)(F)F)CCC2C1. The van der Waals surface area contributed by atoms with Gasteiger partial charge in [-0.1, -0.05) is 45.4 Å². The molecule has 0 bridgehead atoms. The third kappa shape index (κ3) is 6.10. The largest absolute Gasteiger partial charge is 0.523 e. The monoisotopic (exact) mass is 472 g/mol. The number of benzene rings is 1. The second kappa shape index (κ2) is 10.6. The highest BCUT2D eigenvalue weighted by Gasteiger charge is 2.46. The first-order chi connectivity index (χ1) is 15.7. The molecule has 0 N–H and O–H groups in total. The van der Waals surface area contributed by atoms with Crippen LogP contribution < -0.4 is 0 Å². The van der Waals surface area contributed by atoms with Crippen molar-refractivity contribution in [3.8, 4) is 0 Å². The van der Waals surface area contributed by atoms with E-state index in [0.29, 0.717) is 24.7 Å². The normalized spacial score (nSPS) is 32.3. The molecule has 1 nitrogen and oxygen atoms in total. The molecule has 0 heterocycles. The average Bonchev–Trinajstić information content (AvgIpc) is 2.76. The van der Waals surface area contributed by atoms with Crippen LogP contribution in [-0.2, 0) is 11.2 Å². The van der Waals surface area contributed by atoms with Gasteiger partial charge in [0.2, 0.25) is 0 Å². The van der Waals surface area contributed by atoms with E-state index in [4.69, 9.17) is 0 Å². The number of hydrogen-bond acceptors (Lipinski definition) is 1. The van der Waals surface area contributed by atoms with Gasteiger partial charge in [-0.15, -0.1) is 13.2 Å². The predicted molar refractivity (Wildman–Crippen MR) is 118 cm³/mol. The number of halogens is 5. The van der Waals surface area contributed by atoms with Crippen LogP contribution in [-0.4, -0.2) is 6.36 Å². The van der Waals surface area contributed by atoms with Crippen molar-refractivity contribution >= 4 is 0 Å². The molecule has 2 fully saturated rings. The van der Waals surface area contributed by atoms with Crippen LogP contribution in [0.1, 0.15) is 101 Å². The van der Waals surface area contributed by atoms with Crippen molar-refractivity contribution in [3.05, 3.63) is 34.9 Å². The molecular weight excluding hydrogens is 435 g/mol. The maximum atomic E-state index is 14.3. The Hall–Kier alpha value is -1.17. The molecule has 186 valence electrons. The van der Waals surface area contributed by atoms with Crippen molar-refractivity contribution in [2.75, 3.05) is 0 Å². The minimum atomic E-state index is -4.84. The standard InChI is InChI=1S/C27H37F5O/c1-2-3-4-5-6-17-7-8-19-14-20(10-9-18(19)13-17)22-11-12-23-24(15-21(28)16-25(23)29)26(22)33-27(30,31)32/h15-20,22,26H,2-14H2,1H3. The summed E-state index contributed by atoms with van der Waals surface area (Å²) in [5, 5.41) is 0. The summed E-state index contributed by atoms with van der Waals surface area (Å²) in [4.78, 5) is 0. The molecule has 1 aromatic rings. The molecule has 6 unspecified atom stereocenters. The summed E-state index contributed by atoms with van der Waals surface area (Å²) in [6, 6.07) is 1.81. The lowest BCUT2D eigenvalue weighted by molar-refractivity contribution is -0.354. The Labute approximate surface area is 194 Å². The minimum Gasteiger partial charge on any atom is -0.283 e. The van der Waals surface area contributed by atoms with Gasteiger partial charge in [0.1, 0.15) is 11.6 Å². The molecule has 3 aliphatic carbocycles. The van der Waals surface area contributed by atoms with Gasteiger partial charge < -0.3 is 0 Å². The summed E-state index contributed by atoms with van der Waals surface area (Å²) in [5.74, 6) is 0.191. The zero-order valence-electron chi connectivity index (χ0n) is 19.6. The average molecular weight is 473 g/mol. The number of hydrogen-bond donors (Lipinski definition) is 0. The van der Waals surface area contributed by atoms with E-state index in [0.717, 1.165) is 43.7 Å². The Morgan fingerprint density at radius 2 is 1.61 bits per heavy atom. The molecule has 1 aromatic carbocycles. The van der Waals surface area contributed by atoms with Crippen LogP contribution in [0.2, 0.25) is 0 Å². The van der Waals surface area contributed by atoms with E-state index in [2.05, 4.69) is 11.7 Å². The number of alkyl halides is 3. The predicted octanol–water partition coefficient (Wildman–Crippen LogP) is 8.91. The van der Waals surface area contributed by atoms with Crippen LogP contribution in [0.4, 0.5) is 22.0 Å². The molecule has 0 aromatic heterocycles. The molecule has 0 saturated heterocycles. The topological polar surface area (TPSA) is 9.23 Å². The van der Waals surface area contributed by atoms with Crippen LogP contribution >= 0.6 is 0 Å². The third-order valence-corrected chi connectivity index (χ3v) is 8.71. The molecule has 6 atom stereocenters. The lowest BCUT2D eigenvalue weighted by Crippen LogP contribution is -2.38. The summed E-state index contributed by atoms with van der Waals surface area (Å²) >= 11 is 0. The van der Waals surface area contributed by atoms with E-state index in [-0.39, 0.29) is 23.0 Å². The summed E-state index contributed by atoms with van der Waals surface area (Å²) in [6.45, 7) is 2.23. The molecule has 2 saturated carbocycles. The van der Waals surface area contributed by atoms with Gasteiger partial charge in [-0.2, -0.15) is 0 Å². The van der Waals surface area contributed by atoms with Gasteiger partial charge in [0.25, 0.3) is 0 Å². The quantitative estimate of drug-likeness (QED) is 0.284. The van der Waals surface area contributed by atoms with Gasteiger partial charge in [0, 0.05) is 6.07 Å². The number of ether oxygens (including phenoxy) is 1. The Kier molecular flexibility index (Phi) is 8.02. The Balaban J connectivity index is 1.43. The molecule has 4 rings (SSSR count). The van der Waals surface area contributed by atoms with Gasteiger partial charge in [-0.3, -0.25) is 4.74 Å². The number of unbranched alkanes of at least 4 members (excludes halogenated alkanes) is 3. The summed E-state index contributed by atoms with van der Waals surface area (Å²) in [7, 11) is 0. The molecule has 3 aliphatic rings. The highest BCUT2D eigenvalue weighted by molar-refractivity contribution is 5.34. The van der Waals surface area contributed by atoms with Gasteiger partial charge in [0.15, 0.2) is 0 Å². The van der Waals surface area contributed by atoms with Gasteiger partial charge >= 0.3 is 6.36 Å². The van der Waals surface area contributed by atoms with Crippen molar-refractivity contribution in [2.24, 2.45) is 29.6 Å². The second-order valence-corrected chi connectivity index (χ2v) is 10.8. The van der Waals surface area contributed by atoms with E-state index in [9.17, 15) is 22.0 Å². The van der Waals surface area contributed by atoms with E-state index in [1.807, 2.05) is 0 Å². The molecule has 0 aliphatic heterocycles.